The summed E-state index contributed by atoms with van der Waals surface area (Å²) in [5.74, 6) is 0.710. The predicted octanol–water partition coefficient (Wildman–Crippen LogP) is 4.44. The van der Waals surface area contributed by atoms with Crippen molar-refractivity contribution in [1.29, 1.82) is 0 Å². The summed E-state index contributed by atoms with van der Waals surface area (Å²) < 4.78 is 1.15. The Hall–Kier alpha value is -1.19. The van der Waals surface area contributed by atoms with Crippen LogP contribution in [0.5, 0.6) is 0 Å². The van der Waals surface area contributed by atoms with Crippen molar-refractivity contribution < 1.29 is 0 Å². The van der Waals surface area contributed by atoms with E-state index >= 15 is 0 Å². The Morgan fingerprint density at radius 3 is 2.60 bits per heavy atom. The van der Waals surface area contributed by atoms with Gasteiger partial charge in [-0.2, -0.15) is 0 Å². The molecule has 1 atom stereocenters. The summed E-state index contributed by atoms with van der Waals surface area (Å²) >= 11 is 3.49. The van der Waals surface area contributed by atoms with Crippen LogP contribution >= 0.6 is 15.9 Å². The highest BCUT2D eigenvalue weighted by Gasteiger charge is 2.30. The quantitative estimate of drug-likeness (QED) is 0.896. The van der Waals surface area contributed by atoms with Gasteiger partial charge in [0, 0.05) is 29.0 Å². The highest BCUT2D eigenvalue weighted by atomic mass is 79.9. The maximum absolute atomic E-state index is 4.18. The molecule has 1 aromatic heterocycles. The van der Waals surface area contributed by atoms with Gasteiger partial charge >= 0.3 is 0 Å². The molecular weight excluding hydrogens is 312 g/mol. The molecule has 1 aliphatic carbocycles. The van der Waals surface area contributed by atoms with Crippen molar-refractivity contribution in [2.45, 2.75) is 37.8 Å². The van der Waals surface area contributed by atoms with Gasteiger partial charge in [-0.1, -0.05) is 34.1 Å². The Bertz CT molecular complexity index is 547. The topological polar surface area (TPSA) is 24.9 Å². The van der Waals surface area contributed by atoms with Crippen molar-refractivity contribution in [3.8, 4) is 0 Å². The second-order valence-electron chi connectivity index (χ2n) is 5.59. The maximum Gasteiger partial charge on any atom is 0.0315 e. The highest BCUT2D eigenvalue weighted by molar-refractivity contribution is 9.10. The van der Waals surface area contributed by atoms with E-state index in [4.69, 9.17) is 0 Å². The maximum atomic E-state index is 4.18. The zero-order chi connectivity index (χ0) is 13.9. The summed E-state index contributed by atoms with van der Waals surface area (Å²) in [6, 6.07) is 13.9. The fraction of sp³-hybridized carbons (Fsp3) is 0.353. The van der Waals surface area contributed by atoms with E-state index in [1.807, 2.05) is 18.5 Å². The molecule has 1 aliphatic rings. The number of hydrogen-bond donors (Lipinski definition) is 1. The first-order chi connectivity index (χ1) is 9.72. The summed E-state index contributed by atoms with van der Waals surface area (Å²) in [5.41, 5.74) is 2.72. The molecular formula is C17H19BrN2. The van der Waals surface area contributed by atoms with E-state index in [1.54, 1.807) is 0 Å². The molecule has 2 aromatic rings. The smallest absolute Gasteiger partial charge is 0.0315 e. The number of halogens is 1. The van der Waals surface area contributed by atoms with Gasteiger partial charge in [0.2, 0.25) is 0 Å². The monoisotopic (exact) mass is 330 g/mol. The average molecular weight is 331 g/mol. The lowest BCUT2D eigenvalue weighted by Gasteiger charge is -2.38. The Morgan fingerprint density at radius 2 is 1.95 bits per heavy atom. The molecule has 2 nitrogen and oxygen atoms in total. The molecule has 3 heteroatoms. The molecule has 20 heavy (non-hydrogen) atoms. The fourth-order valence-electron chi connectivity index (χ4n) is 2.84. The second-order valence-corrected chi connectivity index (χ2v) is 6.51. The van der Waals surface area contributed by atoms with Crippen LogP contribution in [0.3, 0.4) is 0 Å². The van der Waals surface area contributed by atoms with E-state index in [0.29, 0.717) is 18.0 Å². The van der Waals surface area contributed by atoms with Gasteiger partial charge in [-0.15, -0.1) is 0 Å². The number of pyridine rings is 1. The number of aromatic nitrogens is 1. The molecule has 0 spiro atoms. The Kier molecular flexibility index (Phi) is 4.18. The van der Waals surface area contributed by atoms with Gasteiger partial charge in [-0.3, -0.25) is 4.98 Å². The lowest BCUT2D eigenvalue weighted by molar-refractivity contribution is 0.271. The molecule has 0 amide bonds. The lowest BCUT2D eigenvalue weighted by atomic mass is 9.75. The molecule has 0 saturated heterocycles. The third-order valence-corrected chi connectivity index (χ3v) is 4.68. The Morgan fingerprint density at radius 1 is 1.20 bits per heavy atom. The van der Waals surface area contributed by atoms with E-state index in [0.717, 1.165) is 4.47 Å². The molecule has 1 N–H and O–H groups in total. The van der Waals surface area contributed by atoms with Gasteiger partial charge in [-0.25, -0.2) is 0 Å². The summed E-state index contributed by atoms with van der Waals surface area (Å²) in [6.07, 6.45) is 6.23. The summed E-state index contributed by atoms with van der Waals surface area (Å²) in [7, 11) is 0. The second kappa shape index (κ2) is 6.06. The molecule has 3 rings (SSSR count). The summed E-state index contributed by atoms with van der Waals surface area (Å²) in [6.45, 7) is 2.21. The third-order valence-electron chi connectivity index (χ3n) is 4.15. The van der Waals surface area contributed by atoms with Gasteiger partial charge in [-0.05, 0) is 55.0 Å². The number of nitrogens with one attached hydrogen (secondary N) is 1. The SMILES string of the molecule is C[C@@H](NC1CC(c2ccc(Br)cc2)C1)c1cccnc1. The molecule has 1 aromatic carbocycles. The number of hydrogen-bond acceptors (Lipinski definition) is 2. The first-order valence-corrected chi connectivity index (χ1v) is 7.93. The van der Waals surface area contributed by atoms with Crippen molar-refractivity contribution in [2.75, 3.05) is 0 Å². The minimum Gasteiger partial charge on any atom is -0.307 e. The standard InChI is InChI=1S/C17H19BrN2/c1-12(14-3-2-8-19-11-14)20-17-9-15(10-17)13-4-6-16(18)7-5-13/h2-8,11-12,15,17,20H,9-10H2,1H3/t12-,15?,17?/m1/s1. The van der Waals surface area contributed by atoms with Crippen molar-refractivity contribution in [3.63, 3.8) is 0 Å². The van der Waals surface area contributed by atoms with Crippen LogP contribution in [0.1, 0.15) is 42.9 Å². The van der Waals surface area contributed by atoms with Crippen LogP contribution in [0.25, 0.3) is 0 Å². The van der Waals surface area contributed by atoms with E-state index in [1.165, 1.54) is 24.0 Å². The van der Waals surface area contributed by atoms with E-state index in [-0.39, 0.29) is 0 Å². The van der Waals surface area contributed by atoms with Crippen LogP contribution < -0.4 is 5.32 Å². The minimum absolute atomic E-state index is 0.375. The summed E-state index contributed by atoms with van der Waals surface area (Å²) in [5, 5.41) is 3.69. The van der Waals surface area contributed by atoms with Crippen molar-refractivity contribution >= 4 is 15.9 Å². The molecule has 1 heterocycles. The third kappa shape index (κ3) is 3.10. The van der Waals surface area contributed by atoms with Crippen LogP contribution in [0.15, 0.2) is 53.3 Å². The largest absolute Gasteiger partial charge is 0.307 e. The highest BCUT2D eigenvalue weighted by Crippen LogP contribution is 2.38. The normalized spacial score (nSPS) is 23.1. The van der Waals surface area contributed by atoms with Gasteiger partial charge in [0.25, 0.3) is 0 Å². The zero-order valence-electron chi connectivity index (χ0n) is 11.6. The van der Waals surface area contributed by atoms with E-state index in [2.05, 4.69) is 63.5 Å². The first-order valence-electron chi connectivity index (χ1n) is 7.14. The molecule has 0 unspecified atom stereocenters. The molecule has 0 bridgehead atoms. The van der Waals surface area contributed by atoms with Crippen LogP contribution in [-0.2, 0) is 0 Å². The van der Waals surface area contributed by atoms with Crippen LogP contribution in [-0.4, -0.2) is 11.0 Å². The van der Waals surface area contributed by atoms with Crippen LogP contribution in [0.2, 0.25) is 0 Å². The van der Waals surface area contributed by atoms with E-state index < -0.39 is 0 Å². The van der Waals surface area contributed by atoms with Gasteiger partial charge in [0.05, 0.1) is 0 Å². The van der Waals surface area contributed by atoms with Gasteiger partial charge < -0.3 is 5.32 Å². The van der Waals surface area contributed by atoms with Crippen molar-refractivity contribution in [1.82, 2.24) is 10.3 Å². The predicted molar refractivity (Wildman–Crippen MR) is 85.7 cm³/mol. The van der Waals surface area contributed by atoms with Gasteiger partial charge in [0.15, 0.2) is 0 Å². The number of rotatable bonds is 4. The molecule has 0 radical (unpaired) electrons. The van der Waals surface area contributed by atoms with Crippen molar-refractivity contribution in [2.24, 2.45) is 0 Å². The first kappa shape index (κ1) is 13.8. The average Bonchev–Trinajstić information content (AvgIpc) is 2.44. The molecule has 0 aliphatic heterocycles. The molecule has 1 fully saturated rings. The number of benzene rings is 1. The fourth-order valence-corrected chi connectivity index (χ4v) is 3.11. The zero-order valence-corrected chi connectivity index (χ0v) is 13.2. The number of nitrogens with zero attached hydrogens (tertiary/aromatic N) is 1. The van der Waals surface area contributed by atoms with Crippen LogP contribution in [0, 0.1) is 0 Å². The Labute approximate surface area is 128 Å². The molecule has 104 valence electrons. The molecule has 1 saturated carbocycles. The summed E-state index contributed by atoms with van der Waals surface area (Å²) in [4.78, 5) is 4.18. The lowest BCUT2D eigenvalue weighted by Crippen LogP contribution is -2.41. The van der Waals surface area contributed by atoms with E-state index in [9.17, 15) is 0 Å². The minimum atomic E-state index is 0.375. The Balaban J connectivity index is 1.52. The van der Waals surface area contributed by atoms with Crippen molar-refractivity contribution in [3.05, 3.63) is 64.4 Å². The van der Waals surface area contributed by atoms with Crippen LogP contribution in [0.4, 0.5) is 0 Å². The van der Waals surface area contributed by atoms with Gasteiger partial charge in [0.1, 0.15) is 0 Å².